The standard InChI is InChI=1S/C31H33F2N5O3/c32-25-12-6-21(18-26(25)33)30(40)36-27-19-22(29(39)35-24-10-8-23(34)9-11-24)7-13-28(27)37-14-16-38(17-15-37)31(41)20-4-2-1-3-5-20/h1-7,12-13,18-19,23-24H,8-11,14-17,34H2,(H,35,39)(H,36,40). The highest BCUT2D eigenvalue weighted by molar-refractivity contribution is 6.07. The molecule has 2 fully saturated rings. The maximum absolute atomic E-state index is 13.8. The quantitative estimate of drug-likeness (QED) is 0.419. The van der Waals surface area contributed by atoms with Gasteiger partial charge < -0.3 is 26.2 Å². The normalized spacial score (nSPS) is 19.0. The lowest BCUT2D eigenvalue weighted by molar-refractivity contribution is 0.0746. The summed E-state index contributed by atoms with van der Waals surface area (Å²) in [4.78, 5) is 42.9. The summed E-state index contributed by atoms with van der Waals surface area (Å²) < 4.78 is 27.3. The molecule has 4 N–H and O–H groups in total. The summed E-state index contributed by atoms with van der Waals surface area (Å²) in [5, 5.41) is 5.85. The monoisotopic (exact) mass is 561 g/mol. The third-order valence-corrected chi connectivity index (χ3v) is 7.72. The second-order valence-electron chi connectivity index (χ2n) is 10.5. The van der Waals surface area contributed by atoms with Crippen molar-refractivity contribution in [1.29, 1.82) is 0 Å². The lowest BCUT2D eigenvalue weighted by atomic mass is 9.91. The second kappa shape index (κ2) is 12.5. The first-order valence-corrected chi connectivity index (χ1v) is 13.8. The minimum Gasteiger partial charge on any atom is -0.366 e. The van der Waals surface area contributed by atoms with Crippen molar-refractivity contribution in [2.75, 3.05) is 36.4 Å². The van der Waals surface area contributed by atoms with Crippen LogP contribution in [0.5, 0.6) is 0 Å². The summed E-state index contributed by atoms with van der Waals surface area (Å²) >= 11 is 0. The number of nitrogens with two attached hydrogens (primary N) is 1. The van der Waals surface area contributed by atoms with Gasteiger partial charge in [0.15, 0.2) is 11.6 Å². The highest BCUT2D eigenvalue weighted by Gasteiger charge is 2.26. The van der Waals surface area contributed by atoms with Crippen LogP contribution in [0, 0.1) is 11.6 Å². The molecule has 2 aliphatic rings. The zero-order chi connectivity index (χ0) is 28.9. The van der Waals surface area contributed by atoms with Gasteiger partial charge in [-0.15, -0.1) is 0 Å². The number of anilines is 2. The van der Waals surface area contributed by atoms with Crippen LogP contribution in [-0.2, 0) is 0 Å². The first kappa shape index (κ1) is 28.2. The molecular formula is C31H33F2N5O3. The SMILES string of the molecule is NC1CCC(NC(=O)c2ccc(N3CCN(C(=O)c4ccccc4)CC3)c(NC(=O)c3ccc(F)c(F)c3)c2)CC1. The molecule has 214 valence electrons. The molecule has 1 aliphatic carbocycles. The lowest BCUT2D eigenvalue weighted by Gasteiger charge is -2.37. The molecule has 3 amide bonds. The molecule has 0 spiro atoms. The van der Waals surface area contributed by atoms with Crippen molar-refractivity contribution in [2.45, 2.75) is 37.8 Å². The van der Waals surface area contributed by atoms with E-state index in [0.717, 1.165) is 37.8 Å². The van der Waals surface area contributed by atoms with Crippen LogP contribution >= 0.6 is 0 Å². The first-order chi connectivity index (χ1) is 19.8. The molecule has 1 saturated carbocycles. The Morgan fingerprint density at radius 2 is 1.39 bits per heavy atom. The molecule has 0 unspecified atom stereocenters. The van der Waals surface area contributed by atoms with Crippen molar-refractivity contribution < 1.29 is 23.2 Å². The fourth-order valence-electron chi connectivity index (χ4n) is 5.33. The number of piperazine rings is 1. The van der Waals surface area contributed by atoms with Crippen LogP contribution in [0.15, 0.2) is 66.7 Å². The molecule has 0 bridgehead atoms. The number of nitrogens with zero attached hydrogens (tertiary/aromatic N) is 2. The largest absolute Gasteiger partial charge is 0.366 e. The second-order valence-corrected chi connectivity index (χ2v) is 10.5. The van der Waals surface area contributed by atoms with Crippen LogP contribution in [0.3, 0.4) is 0 Å². The summed E-state index contributed by atoms with van der Waals surface area (Å²) in [6.07, 6.45) is 3.30. The van der Waals surface area contributed by atoms with Gasteiger partial charge in [0.25, 0.3) is 17.7 Å². The fraction of sp³-hybridized carbons (Fsp3) is 0.323. The molecule has 3 aromatic carbocycles. The van der Waals surface area contributed by atoms with Crippen molar-refractivity contribution in [3.63, 3.8) is 0 Å². The van der Waals surface area contributed by atoms with Crippen LogP contribution in [0.2, 0.25) is 0 Å². The van der Waals surface area contributed by atoms with Crippen LogP contribution in [0.1, 0.15) is 56.8 Å². The maximum atomic E-state index is 13.8. The average molecular weight is 562 g/mol. The number of carbonyl (C=O) groups excluding carboxylic acids is 3. The molecule has 41 heavy (non-hydrogen) atoms. The Kier molecular flexibility index (Phi) is 8.58. The number of hydrogen-bond acceptors (Lipinski definition) is 5. The molecule has 10 heteroatoms. The number of rotatable bonds is 6. The van der Waals surface area contributed by atoms with Gasteiger partial charge in [-0.25, -0.2) is 8.78 Å². The van der Waals surface area contributed by atoms with Gasteiger partial charge in [-0.3, -0.25) is 14.4 Å². The number of halogens is 2. The first-order valence-electron chi connectivity index (χ1n) is 13.8. The maximum Gasteiger partial charge on any atom is 0.255 e. The average Bonchev–Trinajstić information content (AvgIpc) is 3.00. The van der Waals surface area contributed by atoms with Crippen molar-refractivity contribution in [3.05, 3.63) is 95.1 Å². The van der Waals surface area contributed by atoms with Gasteiger partial charge in [-0.1, -0.05) is 18.2 Å². The Morgan fingerprint density at radius 3 is 2.07 bits per heavy atom. The number of benzene rings is 3. The van der Waals surface area contributed by atoms with E-state index in [2.05, 4.69) is 10.6 Å². The molecular weight excluding hydrogens is 528 g/mol. The number of carbonyl (C=O) groups is 3. The molecule has 5 rings (SSSR count). The smallest absolute Gasteiger partial charge is 0.255 e. The lowest BCUT2D eigenvalue weighted by Crippen LogP contribution is -2.49. The zero-order valence-electron chi connectivity index (χ0n) is 22.6. The van der Waals surface area contributed by atoms with Crippen LogP contribution < -0.4 is 21.3 Å². The van der Waals surface area contributed by atoms with Gasteiger partial charge in [-0.05, 0) is 74.2 Å². The Balaban J connectivity index is 1.35. The number of amides is 3. The van der Waals surface area contributed by atoms with Gasteiger partial charge in [-0.2, -0.15) is 0 Å². The molecule has 0 radical (unpaired) electrons. The Bertz CT molecular complexity index is 1420. The van der Waals surface area contributed by atoms with E-state index in [4.69, 9.17) is 5.73 Å². The summed E-state index contributed by atoms with van der Waals surface area (Å²) in [6, 6.07) is 17.3. The molecule has 1 saturated heterocycles. The van der Waals surface area contributed by atoms with Crippen molar-refractivity contribution in [3.8, 4) is 0 Å². The van der Waals surface area contributed by atoms with E-state index in [-0.39, 0.29) is 29.5 Å². The van der Waals surface area contributed by atoms with E-state index in [9.17, 15) is 23.2 Å². The van der Waals surface area contributed by atoms with Crippen LogP contribution in [-0.4, -0.2) is 60.9 Å². The van der Waals surface area contributed by atoms with Gasteiger partial charge in [0.2, 0.25) is 0 Å². The summed E-state index contributed by atoms with van der Waals surface area (Å²) in [5.41, 5.74) is 7.94. The minimum atomic E-state index is -1.13. The molecule has 0 aromatic heterocycles. The van der Waals surface area contributed by atoms with E-state index in [1.54, 1.807) is 35.2 Å². The Hall–Kier alpha value is -4.31. The summed E-state index contributed by atoms with van der Waals surface area (Å²) in [6.45, 7) is 1.94. The van der Waals surface area contributed by atoms with E-state index < -0.39 is 17.5 Å². The zero-order valence-corrected chi connectivity index (χ0v) is 22.6. The molecule has 3 aromatic rings. The summed E-state index contributed by atoms with van der Waals surface area (Å²) in [7, 11) is 0. The van der Waals surface area contributed by atoms with E-state index in [0.29, 0.717) is 48.7 Å². The molecule has 0 atom stereocenters. The number of nitrogens with one attached hydrogen (secondary N) is 2. The van der Waals surface area contributed by atoms with Gasteiger partial charge >= 0.3 is 0 Å². The van der Waals surface area contributed by atoms with Gasteiger partial charge in [0, 0.05) is 55.0 Å². The third kappa shape index (κ3) is 6.71. The highest BCUT2D eigenvalue weighted by atomic mass is 19.2. The van der Waals surface area contributed by atoms with Crippen molar-refractivity contribution >= 4 is 29.1 Å². The fourth-order valence-corrected chi connectivity index (χ4v) is 5.33. The predicted octanol–water partition coefficient (Wildman–Crippen LogP) is 4.18. The van der Waals surface area contributed by atoms with Crippen LogP contribution in [0.25, 0.3) is 0 Å². The van der Waals surface area contributed by atoms with E-state index in [1.807, 2.05) is 23.1 Å². The topological polar surface area (TPSA) is 108 Å². The minimum absolute atomic E-state index is 0.0254. The predicted molar refractivity (Wildman–Crippen MR) is 153 cm³/mol. The third-order valence-electron chi connectivity index (χ3n) is 7.72. The van der Waals surface area contributed by atoms with E-state index in [1.165, 1.54) is 6.07 Å². The molecule has 1 aliphatic heterocycles. The van der Waals surface area contributed by atoms with Gasteiger partial charge in [0.05, 0.1) is 11.4 Å². The Labute approximate surface area is 237 Å². The Morgan fingerprint density at radius 1 is 0.732 bits per heavy atom. The molecule has 1 heterocycles. The van der Waals surface area contributed by atoms with Crippen molar-refractivity contribution in [2.24, 2.45) is 5.73 Å². The molecule has 8 nitrogen and oxygen atoms in total. The van der Waals surface area contributed by atoms with Crippen LogP contribution in [0.4, 0.5) is 20.2 Å². The van der Waals surface area contributed by atoms with Crippen molar-refractivity contribution in [1.82, 2.24) is 10.2 Å². The van der Waals surface area contributed by atoms with Gasteiger partial charge in [0.1, 0.15) is 0 Å². The van der Waals surface area contributed by atoms with E-state index >= 15 is 0 Å². The number of hydrogen-bond donors (Lipinski definition) is 3. The highest BCUT2D eigenvalue weighted by Crippen LogP contribution is 2.30. The summed E-state index contributed by atoms with van der Waals surface area (Å²) in [5.74, 6) is -3.13.